The maximum Gasteiger partial charge on any atom is 0.332 e. The summed E-state index contributed by atoms with van der Waals surface area (Å²) in [6.45, 7) is 4.84. The summed E-state index contributed by atoms with van der Waals surface area (Å²) in [6.07, 6.45) is 5.90. The Kier molecular flexibility index (Phi) is 9.41. The zero-order valence-electron chi connectivity index (χ0n) is 14.9. The highest BCUT2D eigenvalue weighted by Crippen LogP contribution is 2.15. The second kappa shape index (κ2) is 11.0. The van der Waals surface area contributed by atoms with E-state index in [2.05, 4.69) is 28.3 Å². The number of imidazole rings is 1. The van der Waals surface area contributed by atoms with Crippen LogP contribution in [0.2, 0.25) is 0 Å². The van der Waals surface area contributed by atoms with Crippen molar-refractivity contribution in [2.45, 2.75) is 52.5 Å². The first kappa shape index (κ1) is 21.3. The summed E-state index contributed by atoms with van der Waals surface area (Å²) in [6, 6.07) is 0. The number of nitrogens with zero attached hydrogens (tertiary/aromatic N) is 3. The van der Waals surface area contributed by atoms with Crippen molar-refractivity contribution in [1.82, 2.24) is 19.1 Å². The molecule has 0 aliphatic heterocycles. The fraction of sp³-hybridized carbons (Fsp3) is 0.667. The minimum Gasteiger partial charge on any atom is -0.339 e. The van der Waals surface area contributed by atoms with Crippen molar-refractivity contribution in [3.05, 3.63) is 27.2 Å². The zero-order valence-corrected chi connectivity index (χ0v) is 15.9. The smallest absolute Gasteiger partial charge is 0.332 e. The maximum atomic E-state index is 12.2. The Morgan fingerprint density at radius 1 is 1.24 bits per heavy atom. The Morgan fingerprint density at radius 2 is 1.92 bits per heavy atom. The maximum absolute atomic E-state index is 12.2. The van der Waals surface area contributed by atoms with Gasteiger partial charge in [0.05, 0.1) is 12.9 Å². The molecule has 2 N–H and O–H groups in total. The van der Waals surface area contributed by atoms with Crippen molar-refractivity contribution in [3.8, 4) is 0 Å². The molecule has 10 heteroatoms. The van der Waals surface area contributed by atoms with Gasteiger partial charge >= 0.3 is 13.9 Å². The SMILES string of the molecule is CCCC.Cn1c(=O)n(CCCCCO[PH](=O)O)c(=O)c2[nH]cnc21. The van der Waals surface area contributed by atoms with Crippen LogP contribution in [-0.4, -0.2) is 30.6 Å². The van der Waals surface area contributed by atoms with Gasteiger partial charge in [-0.25, -0.2) is 9.78 Å². The van der Waals surface area contributed by atoms with Crippen LogP contribution < -0.4 is 11.2 Å². The van der Waals surface area contributed by atoms with Crippen LogP contribution in [-0.2, 0) is 22.7 Å². The van der Waals surface area contributed by atoms with Crippen molar-refractivity contribution >= 4 is 19.4 Å². The summed E-state index contributed by atoms with van der Waals surface area (Å²) < 4.78 is 17.4. The van der Waals surface area contributed by atoms with Crippen LogP contribution in [0.4, 0.5) is 0 Å². The number of aromatic nitrogens is 4. The largest absolute Gasteiger partial charge is 0.339 e. The van der Waals surface area contributed by atoms with E-state index in [1.165, 1.54) is 23.7 Å². The molecule has 0 saturated heterocycles. The summed E-state index contributed by atoms with van der Waals surface area (Å²) >= 11 is 0. The monoisotopic (exact) mass is 374 g/mol. The Hall–Kier alpha value is -1.70. The molecule has 2 rings (SSSR count). The lowest BCUT2D eigenvalue weighted by Crippen LogP contribution is -2.39. The van der Waals surface area contributed by atoms with Gasteiger partial charge in [0.1, 0.15) is 5.52 Å². The Morgan fingerprint density at radius 3 is 2.52 bits per heavy atom. The van der Waals surface area contributed by atoms with Crippen LogP contribution in [0.15, 0.2) is 15.9 Å². The first-order valence-electron chi connectivity index (χ1n) is 8.42. The average Bonchev–Trinajstić information content (AvgIpc) is 3.08. The number of nitrogens with one attached hydrogen (secondary N) is 1. The Bertz CT molecular complexity index is 793. The molecule has 0 bridgehead atoms. The molecule has 2 heterocycles. The second-order valence-electron chi connectivity index (χ2n) is 5.57. The molecule has 0 saturated carbocycles. The van der Waals surface area contributed by atoms with E-state index in [-0.39, 0.29) is 18.7 Å². The topological polar surface area (TPSA) is 119 Å². The lowest BCUT2D eigenvalue weighted by atomic mass is 10.2. The molecule has 0 spiro atoms. The minimum absolute atomic E-state index is 0.195. The number of hydrogen-bond acceptors (Lipinski definition) is 5. The van der Waals surface area contributed by atoms with Gasteiger partial charge in [0.2, 0.25) is 0 Å². The van der Waals surface area contributed by atoms with E-state index in [1.807, 2.05) is 0 Å². The third kappa shape index (κ3) is 6.26. The summed E-state index contributed by atoms with van der Waals surface area (Å²) in [4.78, 5) is 39.4. The third-order valence-corrected chi connectivity index (χ3v) is 4.12. The van der Waals surface area contributed by atoms with E-state index in [0.29, 0.717) is 30.4 Å². The van der Waals surface area contributed by atoms with Gasteiger partial charge in [0.25, 0.3) is 5.56 Å². The van der Waals surface area contributed by atoms with Crippen LogP contribution in [0.3, 0.4) is 0 Å². The summed E-state index contributed by atoms with van der Waals surface area (Å²) in [5.74, 6) is 0. The molecule has 1 atom stereocenters. The number of unbranched alkanes of at least 4 members (excludes halogenated alkanes) is 3. The normalized spacial score (nSPS) is 12.0. The molecule has 0 radical (unpaired) electrons. The van der Waals surface area contributed by atoms with E-state index in [4.69, 9.17) is 4.89 Å². The molecule has 0 amide bonds. The molecular formula is C15H27N4O5P. The fourth-order valence-electron chi connectivity index (χ4n) is 2.10. The number of rotatable bonds is 8. The summed E-state index contributed by atoms with van der Waals surface area (Å²) in [7, 11) is -1.32. The predicted molar refractivity (Wildman–Crippen MR) is 97.2 cm³/mol. The number of H-pyrrole nitrogens is 1. The summed E-state index contributed by atoms with van der Waals surface area (Å²) in [5.41, 5.74) is -0.152. The fourth-order valence-corrected chi connectivity index (χ4v) is 2.42. The van der Waals surface area contributed by atoms with Crippen LogP contribution >= 0.6 is 8.25 Å². The van der Waals surface area contributed by atoms with Crippen LogP contribution in [0, 0.1) is 0 Å². The highest BCUT2D eigenvalue weighted by molar-refractivity contribution is 7.32. The molecule has 9 nitrogen and oxygen atoms in total. The quantitative estimate of drug-likeness (QED) is 0.537. The first-order valence-corrected chi connectivity index (χ1v) is 9.69. The van der Waals surface area contributed by atoms with Crippen LogP contribution in [0.25, 0.3) is 11.2 Å². The standard InChI is InChI=1S/C11H17N4O5P.C4H10/c1-14-9-8(12-7-13-9)10(16)15(11(14)17)5-3-2-4-6-20-21(18)19;1-3-4-2/h7,21H,2-6H2,1H3,(H,12,13)(H,18,19);3-4H2,1-2H3. The molecule has 2 aromatic rings. The molecule has 0 aromatic carbocycles. The van der Waals surface area contributed by atoms with Crippen LogP contribution in [0.1, 0.15) is 46.0 Å². The van der Waals surface area contributed by atoms with Crippen molar-refractivity contribution < 1.29 is 14.0 Å². The van der Waals surface area contributed by atoms with Gasteiger partial charge in [0.15, 0.2) is 5.65 Å². The van der Waals surface area contributed by atoms with E-state index in [0.717, 1.165) is 4.57 Å². The van der Waals surface area contributed by atoms with E-state index in [9.17, 15) is 14.2 Å². The highest BCUT2D eigenvalue weighted by Gasteiger charge is 2.12. The molecule has 0 fully saturated rings. The minimum atomic E-state index is -2.88. The van der Waals surface area contributed by atoms with Gasteiger partial charge in [0, 0.05) is 13.6 Å². The predicted octanol–water partition coefficient (Wildman–Crippen LogP) is 1.80. The average molecular weight is 374 g/mol. The molecule has 25 heavy (non-hydrogen) atoms. The van der Waals surface area contributed by atoms with Crippen molar-refractivity contribution in [2.75, 3.05) is 6.61 Å². The van der Waals surface area contributed by atoms with Gasteiger partial charge in [-0.2, -0.15) is 0 Å². The second-order valence-corrected chi connectivity index (χ2v) is 6.40. The Balaban J connectivity index is 0.000000705. The van der Waals surface area contributed by atoms with E-state index in [1.54, 1.807) is 7.05 Å². The van der Waals surface area contributed by atoms with Crippen molar-refractivity contribution in [1.29, 1.82) is 0 Å². The number of aryl methyl sites for hydroxylation is 1. The summed E-state index contributed by atoms with van der Waals surface area (Å²) in [5, 5.41) is 0. The van der Waals surface area contributed by atoms with E-state index >= 15 is 0 Å². The zero-order chi connectivity index (χ0) is 18.8. The molecule has 1 unspecified atom stereocenters. The molecule has 142 valence electrons. The van der Waals surface area contributed by atoms with E-state index < -0.39 is 13.9 Å². The van der Waals surface area contributed by atoms with Gasteiger partial charge in [-0.15, -0.1) is 0 Å². The first-order chi connectivity index (χ1) is 11.9. The molecule has 0 aliphatic rings. The molecule has 0 aliphatic carbocycles. The number of fused-ring (bicyclic) bond motifs is 1. The van der Waals surface area contributed by atoms with Crippen LogP contribution in [0.5, 0.6) is 0 Å². The molecule has 2 aromatic heterocycles. The van der Waals surface area contributed by atoms with Gasteiger partial charge < -0.3 is 14.4 Å². The third-order valence-electron chi connectivity index (χ3n) is 3.67. The lowest BCUT2D eigenvalue weighted by molar-refractivity contribution is 0.273. The van der Waals surface area contributed by atoms with Gasteiger partial charge in [-0.3, -0.25) is 18.5 Å². The Labute approximate surface area is 146 Å². The lowest BCUT2D eigenvalue weighted by Gasteiger charge is -2.07. The van der Waals surface area contributed by atoms with Crippen molar-refractivity contribution in [3.63, 3.8) is 0 Å². The highest BCUT2D eigenvalue weighted by atomic mass is 31.1. The van der Waals surface area contributed by atoms with Gasteiger partial charge in [-0.05, 0) is 19.3 Å². The molecular weight excluding hydrogens is 347 g/mol. The van der Waals surface area contributed by atoms with Crippen molar-refractivity contribution in [2.24, 2.45) is 7.05 Å². The number of hydrogen-bond donors (Lipinski definition) is 2. The van der Waals surface area contributed by atoms with Gasteiger partial charge in [-0.1, -0.05) is 26.7 Å². The number of aromatic amines is 1.